The van der Waals surface area contributed by atoms with E-state index in [-0.39, 0.29) is 17.1 Å². The Balaban J connectivity index is 2.37. The number of alkyl halides is 3. The maximum Gasteiger partial charge on any atom is 0.387 e. The third kappa shape index (κ3) is 2.77. The minimum absolute atomic E-state index is 0.0218. The summed E-state index contributed by atoms with van der Waals surface area (Å²) in [6.07, 6.45) is 0. The van der Waals surface area contributed by atoms with E-state index in [1.165, 1.54) is 29.2 Å². The van der Waals surface area contributed by atoms with Crippen molar-refractivity contribution in [2.75, 3.05) is 12.1 Å². The lowest BCUT2D eigenvalue weighted by Gasteiger charge is -2.19. The van der Waals surface area contributed by atoms with Gasteiger partial charge in [0.25, 0.3) is 0 Å². The van der Waals surface area contributed by atoms with Crippen LogP contribution in [0.15, 0.2) is 18.2 Å². The quantitative estimate of drug-likeness (QED) is 0.825. The maximum absolute atomic E-state index is 12.3. The molecule has 6 nitrogen and oxygen atoms in total. The molecule has 0 aromatic heterocycles. The first-order valence-corrected chi connectivity index (χ1v) is 6.38. The van der Waals surface area contributed by atoms with Crippen molar-refractivity contribution < 1.29 is 18.3 Å². The van der Waals surface area contributed by atoms with Crippen LogP contribution in [-0.2, 0) is 5.33 Å². The summed E-state index contributed by atoms with van der Waals surface area (Å²) in [6, 6.07) is 4.22. The van der Waals surface area contributed by atoms with Crippen LogP contribution in [0.5, 0.6) is 5.75 Å². The van der Waals surface area contributed by atoms with Gasteiger partial charge in [-0.3, -0.25) is 0 Å². The lowest BCUT2D eigenvalue weighted by Crippen LogP contribution is -2.38. The normalized spacial score (nSPS) is 15.5. The summed E-state index contributed by atoms with van der Waals surface area (Å²) in [5, 5.41) is 2.69. The van der Waals surface area contributed by atoms with Crippen LogP contribution >= 0.6 is 15.9 Å². The van der Waals surface area contributed by atoms with Crippen LogP contribution < -0.4 is 20.8 Å². The molecule has 1 heterocycles. The van der Waals surface area contributed by atoms with E-state index in [9.17, 15) is 13.6 Å². The average Bonchev–Trinajstić information content (AvgIpc) is 2.69. The molecule has 2 amide bonds. The van der Waals surface area contributed by atoms with Crippen molar-refractivity contribution in [1.29, 1.82) is 0 Å². The van der Waals surface area contributed by atoms with Gasteiger partial charge in [-0.25, -0.2) is 14.8 Å². The minimum Gasteiger partial charge on any atom is -0.434 e. The summed E-state index contributed by atoms with van der Waals surface area (Å²) in [7, 11) is 1.53. The number of benzene rings is 1. The number of carbonyl (C=O) groups excluding carboxylic acids is 1. The standard InChI is InChI=1S/C10H11BrF2N4O2/c1-16-10(18)17(15-14-16)7-3-2-4-8(6(7)5-11)19-9(12)13/h2-4,9,14-15H,5H2,1H3. The zero-order valence-corrected chi connectivity index (χ0v) is 11.4. The van der Waals surface area contributed by atoms with Gasteiger partial charge < -0.3 is 4.74 Å². The molecule has 0 saturated carbocycles. The Hall–Kier alpha value is -1.45. The molecule has 2 rings (SSSR count). The van der Waals surface area contributed by atoms with Gasteiger partial charge in [0, 0.05) is 17.9 Å². The molecule has 1 aliphatic heterocycles. The highest BCUT2D eigenvalue weighted by Crippen LogP contribution is 2.32. The molecule has 1 aromatic carbocycles. The highest BCUT2D eigenvalue weighted by molar-refractivity contribution is 9.08. The summed E-state index contributed by atoms with van der Waals surface area (Å²) >= 11 is 3.21. The maximum atomic E-state index is 12.3. The monoisotopic (exact) mass is 336 g/mol. The van der Waals surface area contributed by atoms with Crippen molar-refractivity contribution in [2.24, 2.45) is 0 Å². The van der Waals surface area contributed by atoms with Gasteiger partial charge in [-0.05, 0) is 12.1 Å². The van der Waals surface area contributed by atoms with E-state index in [0.29, 0.717) is 11.3 Å². The molecule has 0 atom stereocenters. The van der Waals surface area contributed by atoms with E-state index in [2.05, 4.69) is 31.7 Å². The average molecular weight is 337 g/mol. The van der Waals surface area contributed by atoms with E-state index >= 15 is 0 Å². The fraction of sp³-hybridized carbons (Fsp3) is 0.300. The van der Waals surface area contributed by atoms with Gasteiger partial charge in [0.15, 0.2) is 0 Å². The van der Waals surface area contributed by atoms with E-state index in [1.54, 1.807) is 6.07 Å². The highest BCUT2D eigenvalue weighted by Gasteiger charge is 2.29. The van der Waals surface area contributed by atoms with Crippen LogP contribution in [0.25, 0.3) is 0 Å². The zero-order valence-electron chi connectivity index (χ0n) is 9.86. The predicted octanol–water partition coefficient (Wildman–Crippen LogP) is 1.98. The Labute approximate surface area is 116 Å². The molecule has 2 N–H and O–H groups in total. The Morgan fingerprint density at radius 1 is 1.42 bits per heavy atom. The number of ether oxygens (including phenoxy) is 1. The van der Waals surface area contributed by atoms with E-state index in [1.807, 2.05) is 0 Å². The number of nitrogens with one attached hydrogen (secondary N) is 2. The van der Waals surface area contributed by atoms with Gasteiger partial charge in [0.05, 0.1) is 5.69 Å². The fourth-order valence-electron chi connectivity index (χ4n) is 1.64. The summed E-state index contributed by atoms with van der Waals surface area (Å²) in [5.41, 5.74) is 6.08. The summed E-state index contributed by atoms with van der Waals surface area (Å²) in [6.45, 7) is -2.92. The van der Waals surface area contributed by atoms with Gasteiger partial charge in [-0.15, -0.1) is 11.1 Å². The number of halogens is 3. The van der Waals surface area contributed by atoms with Crippen molar-refractivity contribution in [3.05, 3.63) is 23.8 Å². The molecular formula is C10H11BrF2N4O2. The molecule has 1 saturated heterocycles. The van der Waals surface area contributed by atoms with Gasteiger partial charge in [-0.1, -0.05) is 22.0 Å². The first-order chi connectivity index (χ1) is 9.04. The molecule has 0 bridgehead atoms. The van der Waals surface area contributed by atoms with E-state index in [0.717, 1.165) is 0 Å². The van der Waals surface area contributed by atoms with E-state index in [4.69, 9.17) is 0 Å². The molecule has 19 heavy (non-hydrogen) atoms. The Bertz CT molecular complexity index is 489. The van der Waals surface area contributed by atoms with Crippen LogP contribution in [-0.4, -0.2) is 24.7 Å². The van der Waals surface area contributed by atoms with Gasteiger partial charge in [0.1, 0.15) is 5.75 Å². The molecule has 1 aliphatic rings. The SMILES string of the molecule is CN1NNN(c2cccc(OC(F)F)c2CBr)C1=O. The zero-order chi connectivity index (χ0) is 14.0. The molecule has 0 aliphatic carbocycles. The van der Waals surface area contributed by atoms with Crippen LogP contribution in [0.1, 0.15) is 5.56 Å². The van der Waals surface area contributed by atoms with Crippen LogP contribution in [0.3, 0.4) is 0 Å². The number of nitrogens with zero attached hydrogens (tertiary/aromatic N) is 2. The minimum atomic E-state index is -2.92. The molecule has 1 aromatic rings. The topological polar surface area (TPSA) is 56.8 Å². The Kier molecular flexibility index (Phi) is 4.17. The van der Waals surface area contributed by atoms with Crippen LogP contribution in [0.4, 0.5) is 19.3 Å². The Morgan fingerprint density at radius 2 is 2.16 bits per heavy atom. The summed E-state index contributed by atoms with van der Waals surface area (Å²) in [4.78, 5) is 11.8. The van der Waals surface area contributed by atoms with Crippen molar-refractivity contribution in [1.82, 2.24) is 16.1 Å². The smallest absolute Gasteiger partial charge is 0.387 e. The molecule has 0 unspecified atom stereocenters. The molecule has 1 fully saturated rings. The van der Waals surface area contributed by atoms with Gasteiger partial charge >= 0.3 is 12.6 Å². The number of hydrazine groups is 3. The summed E-state index contributed by atoms with van der Waals surface area (Å²) < 4.78 is 29.1. The van der Waals surface area contributed by atoms with Crippen molar-refractivity contribution in [3.63, 3.8) is 0 Å². The number of amides is 2. The van der Waals surface area contributed by atoms with Crippen molar-refractivity contribution in [2.45, 2.75) is 11.9 Å². The number of hydrogen-bond acceptors (Lipinski definition) is 4. The number of carbonyl (C=O) groups is 1. The number of urea groups is 1. The largest absolute Gasteiger partial charge is 0.434 e. The Morgan fingerprint density at radius 3 is 2.68 bits per heavy atom. The third-order valence-electron chi connectivity index (χ3n) is 2.51. The molecule has 0 radical (unpaired) electrons. The van der Waals surface area contributed by atoms with Crippen LogP contribution in [0, 0.1) is 0 Å². The van der Waals surface area contributed by atoms with Gasteiger partial charge in [0.2, 0.25) is 0 Å². The fourth-order valence-corrected chi connectivity index (χ4v) is 2.20. The second-order valence-electron chi connectivity index (χ2n) is 3.67. The number of anilines is 1. The molecule has 0 spiro atoms. The summed E-state index contributed by atoms with van der Waals surface area (Å²) in [5.74, 6) is 0.0218. The molecule has 104 valence electrons. The van der Waals surface area contributed by atoms with Crippen molar-refractivity contribution >= 4 is 27.6 Å². The van der Waals surface area contributed by atoms with Gasteiger partial charge in [-0.2, -0.15) is 8.78 Å². The highest BCUT2D eigenvalue weighted by atomic mass is 79.9. The van der Waals surface area contributed by atoms with E-state index < -0.39 is 6.61 Å². The first-order valence-electron chi connectivity index (χ1n) is 5.26. The number of rotatable bonds is 4. The van der Waals surface area contributed by atoms with Crippen LogP contribution in [0.2, 0.25) is 0 Å². The predicted molar refractivity (Wildman–Crippen MR) is 67.6 cm³/mol. The second-order valence-corrected chi connectivity index (χ2v) is 4.23. The first kappa shape index (κ1) is 14.0. The molecular weight excluding hydrogens is 326 g/mol. The number of hydrogen-bond donors (Lipinski definition) is 2. The lowest BCUT2D eigenvalue weighted by molar-refractivity contribution is -0.0502. The lowest BCUT2D eigenvalue weighted by atomic mass is 10.2. The second kappa shape index (κ2) is 5.68. The third-order valence-corrected chi connectivity index (χ3v) is 3.07. The van der Waals surface area contributed by atoms with Crippen molar-refractivity contribution in [3.8, 4) is 5.75 Å². The molecule has 9 heteroatoms.